The third-order valence-corrected chi connectivity index (χ3v) is 5.69. The molecule has 0 spiro atoms. The molecule has 1 N–H and O–H groups in total. The number of likely N-dealkylation sites (tertiary alicyclic amines) is 1. The second-order valence-corrected chi connectivity index (χ2v) is 8.49. The molecule has 0 aromatic carbocycles. The number of nitrogens with one attached hydrogen (secondary N) is 1. The molecule has 19 heavy (non-hydrogen) atoms. The molecule has 0 radical (unpaired) electrons. The first-order chi connectivity index (χ1) is 8.97. The zero-order valence-electron chi connectivity index (χ0n) is 11.6. The highest BCUT2D eigenvalue weighted by molar-refractivity contribution is 7.88. The molecule has 0 bridgehead atoms. The summed E-state index contributed by atoms with van der Waals surface area (Å²) in [5, 5.41) is 0. The SMILES string of the molecule is CS(=O)(=O)NC[C@]12COC[C@H]1CN(CC1CCC1)C2. The zero-order chi connectivity index (χ0) is 13.5. The summed E-state index contributed by atoms with van der Waals surface area (Å²) in [4.78, 5) is 2.53. The predicted octanol–water partition coefficient (Wildman–Crippen LogP) is 0.284. The molecule has 1 saturated carbocycles. The summed E-state index contributed by atoms with van der Waals surface area (Å²) in [7, 11) is -3.11. The van der Waals surface area contributed by atoms with Crippen molar-refractivity contribution >= 4 is 10.0 Å². The van der Waals surface area contributed by atoms with Crippen LogP contribution in [0, 0.1) is 17.3 Å². The van der Waals surface area contributed by atoms with Crippen molar-refractivity contribution in [2.24, 2.45) is 17.3 Å². The number of hydrogen-bond acceptors (Lipinski definition) is 4. The van der Waals surface area contributed by atoms with Gasteiger partial charge in [0, 0.05) is 37.5 Å². The highest BCUT2D eigenvalue weighted by Gasteiger charge is 2.50. The van der Waals surface area contributed by atoms with E-state index in [2.05, 4.69) is 9.62 Å². The maximum Gasteiger partial charge on any atom is 0.208 e. The molecule has 2 saturated heterocycles. The van der Waals surface area contributed by atoms with E-state index in [9.17, 15) is 8.42 Å². The van der Waals surface area contributed by atoms with Gasteiger partial charge in [0.2, 0.25) is 10.0 Å². The van der Waals surface area contributed by atoms with Crippen LogP contribution in [0.25, 0.3) is 0 Å². The molecule has 3 fully saturated rings. The fourth-order valence-electron chi connectivity index (χ4n) is 3.65. The van der Waals surface area contributed by atoms with Crippen molar-refractivity contribution in [2.75, 3.05) is 45.6 Å². The Labute approximate surface area is 115 Å². The Kier molecular flexibility index (Phi) is 3.62. The fourth-order valence-corrected chi connectivity index (χ4v) is 4.20. The lowest BCUT2D eigenvalue weighted by atomic mass is 9.81. The monoisotopic (exact) mass is 288 g/mol. The van der Waals surface area contributed by atoms with Gasteiger partial charge in [-0.15, -0.1) is 0 Å². The van der Waals surface area contributed by atoms with Gasteiger partial charge in [-0.1, -0.05) is 6.42 Å². The summed E-state index contributed by atoms with van der Waals surface area (Å²) in [6, 6.07) is 0. The molecule has 0 aromatic rings. The lowest BCUT2D eigenvalue weighted by Crippen LogP contribution is -2.43. The Morgan fingerprint density at radius 3 is 2.84 bits per heavy atom. The Bertz CT molecular complexity index is 435. The Morgan fingerprint density at radius 1 is 1.42 bits per heavy atom. The van der Waals surface area contributed by atoms with Crippen molar-refractivity contribution in [1.82, 2.24) is 9.62 Å². The first-order valence-corrected chi connectivity index (χ1v) is 9.11. The highest BCUT2D eigenvalue weighted by atomic mass is 32.2. The lowest BCUT2D eigenvalue weighted by Gasteiger charge is -2.31. The van der Waals surface area contributed by atoms with Gasteiger partial charge in [-0.3, -0.25) is 0 Å². The molecule has 5 nitrogen and oxygen atoms in total. The van der Waals surface area contributed by atoms with Crippen LogP contribution in [0.1, 0.15) is 19.3 Å². The van der Waals surface area contributed by atoms with Gasteiger partial charge in [0.1, 0.15) is 0 Å². The normalized spacial score (nSPS) is 36.4. The minimum atomic E-state index is -3.11. The van der Waals surface area contributed by atoms with Crippen LogP contribution in [0.15, 0.2) is 0 Å². The fraction of sp³-hybridized carbons (Fsp3) is 1.00. The van der Waals surface area contributed by atoms with Gasteiger partial charge in [-0.25, -0.2) is 13.1 Å². The van der Waals surface area contributed by atoms with E-state index >= 15 is 0 Å². The lowest BCUT2D eigenvalue weighted by molar-refractivity contribution is 0.116. The quantitative estimate of drug-likeness (QED) is 0.790. The van der Waals surface area contributed by atoms with Crippen LogP contribution >= 0.6 is 0 Å². The average molecular weight is 288 g/mol. The van der Waals surface area contributed by atoms with Crippen LogP contribution in [-0.2, 0) is 14.8 Å². The third-order valence-electron chi connectivity index (χ3n) is 5.02. The van der Waals surface area contributed by atoms with E-state index in [-0.39, 0.29) is 5.41 Å². The Hall–Kier alpha value is -0.170. The van der Waals surface area contributed by atoms with Crippen LogP contribution in [0.3, 0.4) is 0 Å². The summed E-state index contributed by atoms with van der Waals surface area (Å²) < 4.78 is 31.0. The topological polar surface area (TPSA) is 58.6 Å². The Balaban J connectivity index is 1.61. The highest BCUT2D eigenvalue weighted by Crippen LogP contribution is 2.42. The molecule has 0 unspecified atom stereocenters. The van der Waals surface area contributed by atoms with Gasteiger partial charge in [-0.2, -0.15) is 0 Å². The molecule has 2 aliphatic heterocycles. The smallest absolute Gasteiger partial charge is 0.208 e. The summed E-state index contributed by atoms with van der Waals surface area (Å²) >= 11 is 0. The van der Waals surface area contributed by atoms with E-state index in [4.69, 9.17) is 4.74 Å². The molecule has 0 amide bonds. The predicted molar refractivity (Wildman–Crippen MR) is 73.4 cm³/mol. The van der Waals surface area contributed by atoms with E-state index in [0.29, 0.717) is 19.1 Å². The largest absolute Gasteiger partial charge is 0.380 e. The van der Waals surface area contributed by atoms with Crippen molar-refractivity contribution in [2.45, 2.75) is 19.3 Å². The van der Waals surface area contributed by atoms with E-state index in [1.54, 1.807) is 0 Å². The molecule has 3 aliphatic rings. The first-order valence-electron chi connectivity index (χ1n) is 7.22. The van der Waals surface area contributed by atoms with E-state index in [0.717, 1.165) is 25.6 Å². The van der Waals surface area contributed by atoms with Crippen LogP contribution in [0.5, 0.6) is 0 Å². The van der Waals surface area contributed by atoms with Crippen molar-refractivity contribution in [3.63, 3.8) is 0 Å². The van der Waals surface area contributed by atoms with Gasteiger partial charge in [-0.05, 0) is 18.8 Å². The number of fused-ring (bicyclic) bond motifs is 1. The second-order valence-electron chi connectivity index (χ2n) is 6.66. The maximum atomic E-state index is 11.3. The summed E-state index contributed by atoms with van der Waals surface area (Å²) in [6.07, 6.45) is 5.35. The molecule has 3 rings (SSSR count). The van der Waals surface area contributed by atoms with Crippen LogP contribution < -0.4 is 4.72 Å². The molecule has 2 heterocycles. The van der Waals surface area contributed by atoms with Crippen molar-refractivity contribution in [1.29, 1.82) is 0 Å². The van der Waals surface area contributed by atoms with Crippen molar-refractivity contribution in [3.05, 3.63) is 0 Å². The minimum absolute atomic E-state index is 0.00677. The molecule has 1 aliphatic carbocycles. The van der Waals surface area contributed by atoms with Gasteiger partial charge < -0.3 is 9.64 Å². The third kappa shape index (κ3) is 2.96. The molecular weight excluding hydrogens is 264 g/mol. The summed E-state index contributed by atoms with van der Waals surface area (Å²) in [6.45, 7) is 5.25. The molecule has 2 atom stereocenters. The van der Waals surface area contributed by atoms with Gasteiger partial charge in [0.05, 0.1) is 19.5 Å². The van der Waals surface area contributed by atoms with E-state index in [1.165, 1.54) is 32.1 Å². The van der Waals surface area contributed by atoms with Gasteiger partial charge in [0.25, 0.3) is 0 Å². The number of sulfonamides is 1. The number of rotatable bonds is 5. The zero-order valence-corrected chi connectivity index (χ0v) is 12.4. The van der Waals surface area contributed by atoms with Crippen LogP contribution in [0.2, 0.25) is 0 Å². The van der Waals surface area contributed by atoms with Crippen LogP contribution in [-0.4, -0.2) is 59.0 Å². The summed E-state index contributed by atoms with van der Waals surface area (Å²) in [5.74, 6) is 1.36. The van der Waals surface area contributed by atoms with E-state index < -0.39 is 10.0 Å². The molecule has 0 aromatic heterocycles. The van der Waals surface area contributed by atoms with Crippen molar-refractivity contribution in [3.8, 4) is 0 Å². The minimum Gasteiger partial charge on any atom is -0.380 e. The number of ether oxygens (including phenoxy) is 1. The molecule has 6 heteroatoms. The standard InChI is InChI=1S/C13H24N2O3S/c1-19(16,17)14-8-13-9-15(5-11-3-2-4-11)6-12(13)7-18-10-13/h11-12,14H,2-10H2,1H3/t12-,13+/m1/s1. The van der Waals surface area contributed by atoms with E-state index in [1.807, 2.05) is 0 Å². The number of nitrogens with zero attached hydrogens (tertiary/aromatic N) is 1. The van der Waals surface area contributed by atoms with Crippen LogP contribution in [0.4, 0.5) is 0 Å². The second kappa shape index (κ2) is 4.98. The summed E-state index contributed by atoms with van der Waals surface area (Å²) in [5.41, 5.74) is 0.00677. The van der Waals surface area contributed by atoms with Gasteiger partial charge >= 0.3 is 0 Å². The number of hydrogen-bond donors (Lipinski definition) is 1. The molecular formula is C13H24N2O3S. The maximum absolute atomic E-state index is 11.3. The first kappa shape index (κ1) is 13.8. The van der Waals surface area contributed by atoms with Crippen molar-refractivity contribution < 1.29 is 13.2 Å². The van der Waals surface area contributed by atoms with Gasteiger partial charge in [0.15, 0.2) is 0 Å². The Morgan fingerprint density at radius 2 is 2.21 bits per heavy atom. The molecule has 110 valence electrons. The average Bonchev–Trinajstić information content (AvgIpc) is 2.76.